The number of fused-ring (bicyclic) bond motifs is 1. The minimum Gasteiger partial charge on any atom is -0.493 e. The predicted molar refractivity (Wildman–Crippen MR) is 103 cm³/mol. The maximum absolute atomic E-state index is 12.3. The Morgan fingerprint density at radius 2 is 2.22 bits per heavy atom. The van der Waals surface area contributed by atoms with E-state index in [-0.39, 0.29) is 12.3 Å². The van der Waals surface area contributed by atoms with E-state index in [0.717, 1.165) is 53.0 Å². The number of carbonyl (C=O) groups is 1. The van der Waals surface area contributed by atoms with Crippen LogP contribution < -0.4 is 10.1 Å². The number of nitrogens with zero attached hydrogens (tertiary/aromatic N) is 4. The molecule has 0 radical (unpaired) electrons. The van der Waals surface area contributed by atoms with Gasteiger partial charge in [-0.1, -0.05) is 12.1 Å². The SMILES string of the molecule is CCOc1ccccc1-c1nc(CC(=O)NCc2nnc3n2CCC3)cs1. The maximum Gasteiger partial charge on any atom is 0.226 e. The van der Waals surface area contributed by atoms with Crippen molar-refractivity contribution in [1.82, 2.24) is 25.1 Å². The molecule has 0 saturated carbocycles. The van der Waals surface area contributed by atoms with Crippen LogP contribution in [-0.4, -0.2) is 32.3 Å². The van der Waals surface area contributed by atoms with Crippen LogP contribution in [0.2, 0.25) is 0 Å². The molecule has 2 aromatic heterocycles. The van der Waals surface area contributed by atoms with Gasteiger partial charge in [-0.15, -0.1) is 21.5 Å². The van der Waals surface area contributed by atoms with Gasteiger partial charge >= 0.3 is 0 Å². The fraction of sp³-hybridized carbons (Fsp3) is 0.368. The lowest BCUT2D eigenvalue weighted by Gasteiger charge is -2.07. The number of para-hydroxylation sites is 1. The summed E-state index contributed by atoms with van der Waals surface area (Å²) in [6.07, 6.45) is 2.30. The number of carbonyl (C=O) groups excluding carboxylic acids is 1. The molecule has 0 unspecified atom stereocenters. The van der Waals surface area contributed by atoms with Crippen molar-refractivity contribution in [2.75, 3.05) is 6.61 Å². The summed E-state index contributed by atoms with van der Waals surface area (Å²) in [5.41, 5.74) is 1.71. The molecule has 1 aliphatic rings. The first-order valence-electron chi connectivity index (χ1n) is 9.09. The number of aryl methyl sites for hydroxylation is 1. The number of ether oxygens (including phenoxy) is 1. The average molecular weight is 383 g/mol. The molecule has 1 aliphatic heterocycles. The lowest BCUT2D eigenvalue weighted by atomic mass is 10.2. The van der Waals surface area contributed by atoms with Gasteiger partial charge in [0.15, 0.2) is 5.82 Å². The minimum atomic E-state index is -0.0692. The standard InChI is InChI=1S/C19H21N5O2S/c1-2-26-15-7-4-3-6-14(15)19-21-13(12-27-19)10-18(25)20-11-17-23-22-16-8-5-9-24(16)17/h3-4,6-7,12H,2,5,8-11H2,1H3,(H,20,25). The summed E-state index contributed by atoms with van der Waals surface area (Å²) in [5, 5.41) is 14.0. The van der Waals surface area contributed by atoms with Gasteiger partial charge in [-0.05, 0) is 25.5 Å². The van der Waals surface area contributed by atoms with Gasteiger partial charge in [0.05, 0.1) is 30.8 Å². The zero-order chi connectivity index (χ0) is 18.6. The molecule has 0 saturated heterocycles. The first kappa shape index (κ1) is 17.7. The molecule has 0 bridgehead atoms. The van der Waals surface area contributed by atoms with Gasteiger partial charge in [0, 0.05) is 18.3 Å². The smallest absolute Gasteiger partial charge is 0.226 e. The summed E-state index contributed by atoms with van der Waals surface area (Å²) in [6, 6.07) is 7.82. The Hall–Kier alpha value is -2.74. The molecule has 1 N–H and O–H groups in total. The molecule has 0 atom stereocenters. The molecule has 0 spiro atoms. The highest BCUT2D eigenvalue weighted by Crippen LogP contribution is 2.32. The van der Waals surface area contributed by atoms with Crippen LogP contribution in [0, 0.1) is 0 Å². The highest BCUT2D eigenvalue weighted by molar-refractivity contribution is 7.13. The molecule has 7 nitrogen and oxygen atoms in total. The third-order valence-electron chi connectivity index (χ3n) is 4.44. The van der Waals surface area contributed by atoms with E-state index in [9.17, 15) is 4.79 Å². The molecule has 1 aromatic carbocycles. The van der Waals surface area contributed by atoms with Crippen LogP contribution in [0.1, 0.15) is 30.7 Å². The largest absolute Gasteiger partial charge is 0.493 e. The van der Waals surface area contributed by atoms with Crippen molar-refractivity contribution < 1.29 is 9.53 Å². The molecule has 3 heterocycles. The lowest BCUT2D eigenvalue weighted by molar-refractivity contribution is -0.120. The third kappa shape index (κ3) is 3.85. The quantitative estimate of drug-likeness (QED) is 0.678. The third-order valence-corrected chi connectivity index (χ3v) is 5.36. The zero-order valence-electron chi connectivity index (χ0n) is 15.1. The Bertz CT molecular complexity index is 949. The summed E-state index contributed by atoms with van der Waals surface area (Å²) < 4.78 is 7.76. The van der Waals surface area contributed by atoms with Crippen molar-refractivity contribution in [3.63, 3.8) is 0 Å². The Kier molecular flexibility index (Phi) is 5.15. The van der Waals surface area contributed by atoms with Crippen molar-refractivity contribution in [1.29, 1.82) is 0 Å². The Labute approximate surface area is 161 Å². The van der Waals surface area contributed by atoms with Crippen LogP contribution in [0.4, 0.5) is 0 Å². The minimum absolute atomic E-state index is 0.0692. The van der Waals surface area contributed by atoms with Crippen LogP contribution in [-0.2, 0) is 30.7 Å². The van der Waals surface area contributed by atoms with E-state index in [1.165, 1.54) is 11.3 Å². The van der Waals surface area contributed by atoms with Crippen LogP contribution in [0.3, 0.4) is 0 Å². The molecule has 0 fully saturated rings. The summed E-state index contributed by atoms with van der Waals surface area (Å²) in [6.45, 7) is 3.89. The predicted octanol–water partition coefficient (Wildman–Crippen LogP) is 2.61. The second kappa shape index (κ2) is 7.87. The Balaban J connectivity index is 1.38. The van der Waals surface area contributed by atoms with Crippen LogP contribution in [0.15, 0.2) is 29.6 Å². The Morgan fingerprint density at radius 1 is 1.33 bits per heavy atom. The number of amides is 1. The van der Waals surface area contributed by atoms with E-state index < -0.39 is 0 Å². The summed E-state index contributed by atoms with van der Waals surface area (Å²) in [7, 11) is 0. The second-order valence-corrected chi connectivity index (χ2v) is 7.17. The number of nitrogens with one attached hydrogen (secondary N) is 1. The van der Waals surface area contributed by atoms with Gasteiger partial charge in [0.25, 0.3) is 0 Å². The van der Waals surface area contributed by atoms with Gasteiger partial charge in [-0.3, -0.25) is 4.79 Å². The van der Waals surface area contributed by atoms with Crippen molar-refractivity contribution in [3.8, 4) is 16.3 Å². The molecule has 27 heavy (non-hydrogen) atoms. The molecule has 0 aliphatic carbocycles. The molecule has 1 amide bonds. The van der Waals surface area contributed by atoms with Crippen molar-refractivity contribution >= 4 is 17.2 Å². The van der Waals surface area contributed by atoms with E-state index >= 15 is 0 Å². The van der Waals surface area contributed by atoms with Crippen molar-refractivity contribution in [2.45, 2.75) is 39.3 Å². The first-order valence-corrected chi connectivity index (χ1v) is 9.97. The second-order valence-electron chi connectivity index (χ2n) is 6.31. The van der Waals surface area contributed by atoms with Gasteiger partial charge < -0.3 is 14.6 Å². The normalized spacial score (nSPS) is 12.8. The molecule has 8 heteroatoms. The van der Waals surface area contributed by atoms with E-state index in [1.807, 2.05) is 36.6 Å². The fourth-order valence-electron chi connectivity index (χ4n) is 3.18. The van der Waals surface area contributed by atoms with Gasteiger partial charge in [-0.25, -0.2) is 4.98 Å². The monoisotopic (exact) mass is 383 g/mol. The summed E-state index contributed by atoms with van der Waals surface area (Å²) in [4.78, 5) is 16.9. The van der Waals surface area contributed by atoms with Crippen LogP contribution >= 0.6 is 11.3 Å². The maximum atomic E-state index is 12.3. The fourth-order valence-corrected chi connectivity index (χ4v) is 4.03. The molecular formula is C19H21N5O2S. The molecule has 4 rings (SSSR count). The van der Waals surface area contributed by atoms with Crippen molar-refractivity contribution in [2.24, 2.45) is 0 Å². The summed E-state index contributed by atoms with van der Waals surface area (Å²) >= 11 is 1.52. The molecule has 3 aromatic rings. The molecular weight excluding hydrogens is 362 g/mol. The van der Waals surface area contributed by atoms with E-state index in [0.29, 0.717) is 13.2 Å². The zero-order valence-corrected chi connectivity index (χ0v) is 16.0. The van der Waals surface area contributed by atoms with Gasteiger partial charge in [0.2, 0.25) is 5.91 Å². The summed E-state index contributed by atoms with van der Waals surface area (Å²) in [5.74, 6) is 2.57. The van der Waals surface area contributed by atoms with Gasteiger partial charge in [-0.2, -0.15) is 0 Å². The Morgan fingerprint density at radius 3 is 3.11 bits per heavy atom. The average Bonchev–Trinajstić information content (AvgIpc) is 3.38. The topological polar surface area (TPSA) is 81.9 Å². The first-order chi connectivity index (χ1) is 13.2. The number of benzene rings is 1. The highest BCUT2D eigenvalue weighted by atomic mass is 32.1. The van der Waals surface area contributed by atoms with Crippen LogP contribution in [0.5, 0.6) is 5.75 Å². The number of hydrogen-bond donors (Lipinski definition) is 1. The van der Waals surface area contributed by atoms with Crippen molar-refractivity contribution in [3.05, 3.63) is 47.0 Å². The highest BCUT2D eigenvalue weighted by Gasteiger charge is 2.18. The number of rotatable bonds is 7. The van der Waals surface area contributed by atoms with Crippen LogP contribution in [0.25, 0.3) is 10.6 Å². The number of hydrogen-bond acceptors (Lipinski definition) is 6. The van der Waals surface area contributed by atoms with E-state index in [2.05, 4.69) is 25.1 Å². The lowest BCUT2D eigenvalue weighted by Crippen LogP contribution is -2.26. The van der Waals surface area contributed by atoms with E-state index in [4.69, 9.17) is 4.74 Å². The van der Waals surface area contributed by atoms with Gasteiger partial charge in [0.1, 0.15) is 16.6 Å². The number of thiazole rings is 1. The molecule has 140 valence electrons. The van der Waals surface area contributed by atoms with E-state index in [1.54, 1.807) is 0 Å². The number of aromatic nitrogens is 4.